The van der Waals surface area contributed by atoms with Gasteiger partial charge in [-0.05, 0) is 71.8 Å². The highest BCUT2D eigenvalue weighted by Gasteiger charge is 2.49. The zero-order valence-electron chi connectivity index (χ0n) is 34.5. The molecule has 1 aliphatic rings. The van der Waals surface area contributed by atoms with Gasteiger partial charge in [0, 0.05) is 0 Å². The predicted molar refractivity (Wildman–Crippen MR) is 229 cm³/mol. The number of hydrogen-bond donors (Lipinski definition) is 1. The van der Waals surface area contributed by atoms with Crippen molar-refractivity contribution in [2.24, 2.45) is 0 Å². The zero-order chi connectivity index (χ0) is 44.0. The average molecular weight is 855 g/mol. The second-order valence-corrected chi connectivity index (χ2v) is 14.3. The van der Waals surface area contributed by atoms with E-state index in [4.69, 9.17) is 42.6 Å². The number of hydrogen-bond acceptors (Lipinski definition) is 13. The van der Waals surface area contributed by atoms with E-state index in [1.807, 2.05) is 30.3 Å². The molecule has 63 heavy (non-hydrogen) atoms. The molecule has 0 amide bonds. The highest BCUT2D eigenvalue weighted by atomic mass is 16.7. The minimum atomic E-state index is -1.52. The fraction of sp³-hybridized carbons (Fsp3) is 0.220. The lowest BCUT2D eigenvalue weighted by Gasteiger charge is -2.41. The maximum absolute atomic E-state index is 13.8. The standard InChI is InChI=1S/C50H46O13/c1-55-38-25-15-16-26-40(38)60-42(44(51)37-27-28-39(41(29-37)56-2)57-30-33-17-7-3-8-18-33)31-58-50-46(63-49(54)36-23-13-6-14-24-36)45(62-48(53)35-21-11-5-12-22-35)43(32-59-50)61-47(52)34-19-9-4-10-20-34/h3-29,42-46,50-51H,30-32H2,1-2H3/t42-,43+,44+,45-,46+,50+/m0/s1. The summed E-state index contributed by atoms with van der Waals surface area (Å²) in [6, 6.07) is 46.2. The number of benzene rings is 6. The van der Waals surface area contributed by atoms with E-state index in [1.165, 1.54) is 14.2 Å². The maximum Gasteiger partial charge on any atom is 0.338 e. The lowest BCUT2D eigenvalue weighted by atomic mass is 10.0. The summed E-state index contributed by atoms with van der Waals surface area (Å²) in [5, 5.41) is 12.1. The molecule has 0 radical (unpaired) electrons. The molecule has 0 aromatic heterocycles. The summed E-state index contributed by atoms with van der Waals surface area (Å²) in [6.45, 7) is -0.429. The van der Waals surface area contributed by atoms with Crippen LogP contribution in [0.1, 0.15) is 48.3 Å². The Bertz CT molecular complexity index is 2400. The first kappa shape index (κ1) is 43.9. The number of ether oxygens (including phenoxy) is 9. The van der Waals surface area contributed by atoms with Gasteiger partial charge in [0.2, 0.25) is 0 Å². The van der Waals surface area contributed by atoms with Gasteiger partial charge in [-0.1, -0.05) is 103 Å². The minimum absolute atomic E-state index is 0.186. The first-order chi connectivity index (χ1) is 30.8. The Morgan fingerprint density at radius 3 is 1.67 bits per heavy atom. The summed E-state index contributed by atoms with van der Waals surface area (Å²) >= 11 is 0. The molecule has 6 atom stereocenters. The first-order valence-electron chi connectivity index (χ1n) is 20.1. The first-order valence-corrected chi connectivity index (χ1v) is 20.1. The summed E-state index contributed by atoms with van der Waals surface area (Å²) in [4.78, 5) is 40.9. The maximum atomic E-state index is 13.8. The summed E-state index contributed by atoms with van der Waals surface area (Å²) in [5.41, 5.74) is 1.97. The van der Waals surface area contributed by atoms with Crippen LogP contribution in [0.25, 0.3) is 0 Å². The van der Waals surface area contributed by atoms with E-state index in [0.717, 1.165) is 5.56 Å². The van der Waals surface area contributed by atoms with Gasteiger partial charge in [-0.15, -0.1) is 0 Å². The second kappa shape index (κ2) is 21.6. The predicted octanol–water partition coefficient (Wildman–Crippen LogP) is 7.81. The van der Waals surface area contributed by atoms with Gasteiger partial charge in [0.15, 0.2) is 53.7 Å². The van der Waals surface area contributed by atoms with E-state index in [-0.39, 0.29) is 36.5 Å². The molecule has 0 bridgehead atoms. The molecule has 0 aliphatic carbocycles. The molecule has 13 nitrogen and oxygen atoms in total. The Labute approximate surface area is 364 Å². The second-order valence-electron chi connectivity index (χ2n) is 14.3. The van der Waals surface area contributed by atoms with Gasteiger partial charge in [-0.3, -0.25) is 0 Å². The third-order valence-electron chi connectivity index (χ3n) is 10.0. The van der Waals surface area contributed by atoms with Crippen molar-refractivity contribution in [1.29, 1.82) is 0 Å². The molecule has 1 fully saturated rings. The fourth-order valence-corrected chi connectivity index (χ4v) is 6.76. The van der Waals surface area contributed by atoms with E-state index >= 15 is 0 Å². The van der Waals surface area contributed by atoms with E-state index in [0.29, 0.717) is 28.6 Å². The van der Waals surface area contributed by atoms with Crippen LogP contribution in [-0.4, -0.2) is 81.2 Å². The van der Waals surface area contributed by atoms with Crippen LogP contribution in [0.3, 0.4) is 0 Å². The smallest absolute Gasteiger partial charge is 0.338 e. The number of para-hydroxylation sites is 2. The van der Waals surface area contributed by atoms with Crippen molar-refractivity contribution in [2.75, 3.05) is 27.4 Å². The summed E-state index contributed by atoms with van der Waals surface area (Å²) in [6.07, 6.45) is -8.21. The van der Waals surface area contributed by atoms with Crippen LogP contribution in [0.2, 0.25) is 0 Å². The van der Waals surface area contributed by atoms with Gasteiger partial charge in [-0.2, -0.15) is 0 Å². The van der Waals surface area contributed by atoms with E-state index < -0.39 is 54.7 Å². The van der Waals surface area contributed by atoms with E-state index in [1.54, 1.807) is 133 Å². The number of methoxy groups -OCH3 is 2. The number of carbonyl (C=O) groups excluding carboxylic acids is 3. The summed E-state index contributed by atoms with van der Waals surface area (Å²) < 4.78 is 54.3. The molecular formula is C50H46O13. The molecule has 13 heteroatoms. The van der Waals surface area contributed by atoms with E-state index in [9.17, 15) is 19.5 Å². The van der Waals surface area contributed by atoms with Crippen LogP contribution in [-0.2, 0) is 30.3 Å². The Kier molecular flexibility index (Phi) is 15.0. The topological polar surface area (TPSA) is 155 Å². The summed E-state index contributed by atoms with van der Waals surface area (Å²) in [7, 11) is 2.98. The number of esters is 3. The molecule has 1 saturated heterocycles. The molecule has 1 aliphatic heterocycles. The number of carbonyl (C=O) groups is 3. The Hall–Kier alpha value is -7.19. The normalized spacial score (nSPS) is 17.9. The highest BCUT2D eigenvalue weighted by Crippen LogP contribution is 2.36. The lowest BCUT2D eigenvalue weighted by molar-refractivity contribution is -0.274. The number of rotatable bonds is 18. The Morgan fingerprint density at radius 2 is 1.10 bits per heavy atom. The molecule has 6 aromatic carbocycles. The Balaban J connectivity index is 1.20. The van der Waals surface area contributed by atoms with Gasteiger partial charge in [0.1, 0.15) is 12.7 Å². The quantitative estimate of drug-likeness (QED) is 0.0661. The van der Waals surface area contributed by atoms with Crippen molar-refractivity contribution in [2.45, 2.75) is 43.4 Å². The molecule has 1 N–H and O–H groups in total. The van der Waals surface area contributed by atoms with Gasteiger partial charge in [0.25, 0.3) is 0 Å². The van der Waals surface area contributed by atoms with E-state index in [2.05, 4.69) is 0 Å². The van der Waals surface area contributed by atoms with Gasteiger partial charge >= 0.3 is 17.9 Å². The monoisotopic (exact) mass is 854 g/mol. The highest BCUT2D eigenvalue weighted by molar-refractivity contribution is 5.91. The van der Waals surface area contributed by atoms with Crippen LogP contribution in [0.4, 0.5) is 0 Å². The molecule has 0 saturated carbocycles. The van der Waals surface area contributed by atoms with Crippen molar-refractivity contribution < 1.29 is 62.1 Å². The zero-order valence-corrected chi connectivity index (χ0v) is 34.5. The van der Waals surface area contributed by atoms with Crippen LogP contribution in [0.5, 0.6) is 23.0 Å². The molecular weight excluding hydrogens is 809 g/mol. The summed E-state index contributed by atoms with van der Waals surface area (Å²) in [5.74, 6) is -0.802. The fourth-order valence-electron chi connectivity index (χ4n) is 6.76. The van der Waals surface area contributed by atoms with Crippen LogP contribution >= 0.6 is 0 Å². The van der Waals surface area contributed by atoms with Crippen molar-refractivity contribution in [3.05, 3.63) is 192 Å². The molecule has 6 aromatic rings. The van der Waals surface area contributed by atoms with Gasteiger partial charge in [-0.25, -0.2) is 14.4 Å². The molecule has 1 heterocycles. The van der Waals surface area contributed by atoms with Crippen molar-refractivity contribution in [3.8, 4) is 23.0 Å². The molecule has 7 rings (SSSR count). The number of aliphatic hydroxyl groups excluding tert-OH is 1. The molecule has 324 valence electrons. The Morgan fingerprint density at radius 1 is 0.587 bits per heavy atom. The third-order valence-corrected chi connectivity index (χ3v) is 10.0. The van der Waals surface area contributed by atoms with Crippen LogP contribution in [0, 0.1) is 0 Å². The lowest BCUT2D eigenvalue weighted by Crippen LogP contribution is -2.58. The van der Waals surface area contributed by atoms with Gasteiger partial charge in [0.05, 0.1) is 44.1 Å². The van der Waals surface area contributed by atoms with Crippen LogP contribution < -0.4 is 18.9 Å². The minimum Gasteiger partial charge on any atom is -0.493 e. The molecule has 0 spiro atoms. The average Bonchev–Trinajstić information content (AvgIpc) is 3.34. The van der Waals surface area contributed by atoms with Crippen LogP contribution in [0.15, 0.2) is 164 Å². The SMILES string of the molecule is COc1cc([C@@H](O)[C@H](CO[C@@H]2OC[C@@H](OC(=O)c3ccccc3)[C@H](OC(=O)c3ccccc3)[C@H]2OC(=O)c2ccccc2)Oc2ccccc2OC)ccc1OCc1ccccc1. The third kappa shape index (κ3) is 11.4. The van der Waals surface area contributed by atoms with Crippen molar-refractivity contribution >= 4 is 17.9 Å². The van der Waals surface area contributed by atoms with Crippen molar-refractivity contribution in [1.82, 2.24) is 0 Å². The van der Waals surface area contributed by atoms with Crippen molar-refractivity contribution in [3.63, 3.8) is 0 Å². The largest absolute Gasteiger partial charge is 0.493 e. The molecule has 0 unspecified atom stereocenters. The van der Waals surface area contributed by atoms with Gasteiger partial charge < -0.3 is 47.7 Å². The number of aliphatic hydroxyl groups is 1.